The normalized spacial score (nSPS) is 25.9. The second-order valence-corrected chi connectivity index (χ2v) is 5.09. The third-order valence-electron chi connectivity index (χ3n) is 3.75. The molecule has 19 heavy (non-hydrogen) atoms. The van der Waals surface area contributed by atoms with E-state index in [0.717, 1.165) is 36.9 Å². The van der Waals surface area contributed by atoms with Gasteiger partial charge in [-0.05, 0) is 25.7 Å². The van der Waals surface area contributed by atoms with E-state index in [1.54, 1.807) is 0 Å². The minimum atomic E-state index is -0.823. The molecule has 6 heteroatoms. The molecular formula is C13H17N3O3. The zero-order valence-corrected chi connectivity index (χ0v) is 10.6. The molecule has 0 bridgehead atoms. The number of ether oxygens (including phenoxy) is 1. The topological polar surface area (TPSA) is 84.3 Å². The van der Waals surface area contributed by atoms with Crippen LogP contribution in [0.5, 0.6) is 5.88 Å². The van der Waals surface area contributed by atoms with E-state index in [1.165, 1.54) is 6.33 Å². The largest absolute Gasteiger partial charge is 0.480 e. The fourth-order valence-electron chi connectivity index (χ4n) is 2.73. The number of rotatable bonds is 3. The number of aliphatic carboxylic acids is 1. The maximum absolute atomic E-state index is 10.9. The third-order valence-corrected chi connectivity index (χ3v) is 3.75. The van der Waals surface area contributed by atoms with Gasteiger partial charge in [-0.2, -0.15) is 0 Å². The molecule has 0 spiro atoms. The number of nitrogens with zero attached hydrogens (tertiary/aromatic N) is 2. The van der Waals surface area contributed by atoms with Crippen molar-refractivity contribution in [2.45, 2.75) is 44.2 Å². The quantitative estimate of drug-likeness (QED) is 0.828. The highest BCUT2D eigenvalue weighted by atomic mass is 16.5. The van der Waals surface area contributed by atoms with Crippen molar-refractivity contribution in [1.82, 2.24) is 15.3 Å². The summed E-state index contributed by atoms with van der Waals surface area (Å²) in [7, 11) is 0. The first-order chi connectivity index (χ1) is 9.24. The second-order valence-electron chi connectivity index (χ2n) is 5.09. The number of nitrogens with one attached hydrogen (secondary N) is 1. The first-order valence-electron chi connectivity index (χ1n) is 6.69. The van der Waals surface area contributed by atoms with E-state index >= 15 is 0 Å². The summed E-state index contributed by atoms with van der Waals surface area (Å²) >= 11 is 0. The summed E-state index contributed by atoms with van der Waals surface area (Å²) in [6.07, 6.45) is 6.13. The zero-order valence-electron chi connectivity index (χ0n) is 10.6. The van der Waals surface area contributed by atoms with Gasteiger partial charge in [0.05, 0.1) is 5.69 Å². The van der Waals surface area contributed by atoms with Gasteiger partial charge in [0.15, 0.2) is 0 Å². The summed E-state index contributed by atoms with van der Waals surface area (Å²) in [5.41, 5.74) is 2.18. The van der Waals surface area contributed by atoms with Crippen LogP contribution in [0.4, 0.5) is 0 Å². The number of carbonyl (C=O) groups is 1. The highest BCUT2D eigenvalue weighted by Crippen LogP contribution is 2.27. The Balaban J connectivity index is 1.72. The van der Waals surface area contributed by atoms with Crippen molar-refractivity contribution in [1.29, 1.82) is 0 Å². The highest BCUT2D eigenvalue weighted by molar-refractivity contribution is 5.73. The molecule has 3 rings (SSSR count). The van der Waals surface area contributed by atoms with Crippen molar-refractivity contribution in [3.8, 4) is 5.88 Å². The number of aryl methyl sites for hydroxylation is 1. The fraction of sp³-hybridized carbons (Fsp3) is 0.615. The minimum absolute atomic E-state index is 0.123. The monoisotopic (exact) mass is 263 g/mol. The first kappa shape index (κ1) is 12.3. The van der Waals surface area contributed by atoms with E-state index in [9.17, 15) is 4.79 Å². The predicted molar refractivity (Wildman–Crippen MR) is 67.1 cm³/mol. The molecule has 6 nitrogen and oxygen atoms in total. The highest BCUT2D eigenvalue weighted by Gasteiger charge is 2.31. The molecule has 0 radical (unpaired) electrons. The second kappa shape index (κ2) is 5.13. The average molecular weight is 263 g/mol. The molecule has 1 aliphatic heterocycles. The summed E-state index contributed by atoms with van der Waals surface area (Å²) in [4.78, 5) is 19.4. The summed E-state index contributed by atoms with van der Waals surface area (Å²) in [6, 6.07) is -0.511. The van der Waals surface area contributed by atoms with Crippen molar-refractivity contribution in [3.05, 3.63) is 17.6 Å². The number of hydrogen-bond donors (Lipinski definition) is 2. The van der Waals surface area contributed by atoms with Crippen LogP contribution in [0.3, 0.4) is 0 Å². The van der Waals surface area contributed by atoms with E-state index < -0.39 is 12.0 Å². The van der Waals surface area contributed by atoms with Gasteiger partial charge in [-0.3, -0.25) is 4.79 Å². The molecule has 102 valence electrons. The van der Waals surface area contributed by atoms with Crippen LogP contribution in [0.15, 0.2) is 6.33 Å². The molecule has 0 aromatic carbocycles. The Bertz CT molecular complexity index is 492. The standard InChI is InChI=1S/C13H17N3O3/c17-13(18)11-5-8(6-14-11)19-12-9-3-1-2-4-10(9)15-7-16-12/h7-8,11,14H,1-6H2,(H,17,18). The lowest BCUT2D eigenvalue weighted by Gasteiger charge is -2.19. The number of carboxylic acid groups (broad SMARTS) is 1. The van der Waals surface area contributed by atoms with Gasteiger partial charge in [0.1, 0.15) is 18.5 Å². The molecule has 2 aliphatic rings. The van der Waals surface area contributed by atoms with Gasteiger partial charge in [-0.15, -0.1) is 0 Å². The minimum Gasteiger partial charge on any atom is -0.480 e. The van der Waals surface area contributed by atoms with Gasteiger partial charge < -0.3 is 15.2 Å². The number of carboxylic acids is 1. The molecule has 1 aromatic rings. The van der Waals surface area contributed by atoms with Gasteiger partial charge >= 0.3 is 5.97 Å². The van der Waals surface area contributed by atoms with Crippen LogP contribution in [0.1, 0.15) is 30.5 Å². The Morgan fingerprint density at radius 3 is 3.00 bits per heavy atom. The molecule has 1 saturated heterocycles. The SMILES string of the molecule is O=C(O)C1CC(Oc2ncnc3c2CCCC3)CN1. The Hall–Kier alpha value is -1.69. The van der Waals surface area contributed by atoms with Crippen LogP contribution in [-0.2, 0) is 17.6 Å². The van der Waals surface area contributed by atoms with Crippen molar-refractivity contribution >= 4 is 5.97 Å². The van der Waals surface area contributed by atoms with Gasteiger partial charge in [0.2, 0.25) is 5.88 Å². The summed E-state index contributed by atoms with van der Waals surface area (Å²) in [6.45, 7) is 0.551. The van der Waals surface area contributed by atoms with Crippen molar-refractivity contribution < 1.29 is 14.6 Å². The fourth-order valence-corrected chi connectivity index (χ4v) is 2.73. The lowest BCUT2D eigenvalue weighted by Crippen LogP contribution is -2.30. The van der Waals surface area contributed by atoms with Crippen LogP contribution >= 0.6 is 0 Å². The first-order valence-corrected chi connectivity index (χ1v) is 6.69. The molecule has 2 N–H and O–H groups in total. The van der Waals surface area contributed by atoms with Crippen LogP contribution in [0, 0.1) is 0 Å². The summed E-state index contributed by atoms with van der Waals surface area (Å²) in [5, 5.41) is 11.9. The van der Waals surface area contributed by atoms with Crippen molar-refractivity contribution in [2.24, 2.45) is 0 Å². The van der Waals surface area contributed by atoms with Crippen LogP contribution in [0.25, 0.3) is 0 Å². The smallest absolute Gasteiger partial charge is 0.320 e. The van der Waals surface area contributed by atoms with E-state index in [4.69, 9.17) is 9.84 Å². The molecule has 0 amide bonds. The van der Waals surface area contributed by atoms with Crippen LogP contribution in [-0.4, -0.2) is 39.7 Å². The van der Waals surface area contributed by atoms with Crippen molar-refractivity contribution in [3.63, 3.8) is 0 Å². The van der Waals surface area contributed by atoms with E-state index in [1.807, 2.05) is 0 Å². The zero-order chi connectivity index (χ0) is 13.2. The number of hydrogen-bond acceptors (Lipinski definition) is 5. The van der Waals surface area contributed by atoms with E-state index in [2.05, 4.69) is 15.3 Å². The molecule has 0 saturated carbocycles. The molecule has 2 heterocycles. The summed E-state index contributed by atoms with van der Waals surface area (Å²) in [5.74, 6) is -0.182. The van der Waals surface area contributed by atoms with Gasteiger partial charge in [-0.1, -0.05) is 0 Å². The number of fused-ring (bicyclic) bond motifs is 1. The lowest BCUT2D eigenvalue weighted by molar-refractivity contribution is -0.139. The maximum Gasteiger partial charge on any atom is 0.320 e. The third kappa shape index (κ3) is 2.53. The Morgan fingerprint density at radius 1 is 1.37 bits per heavy atom. The van der Waals surface area contributed by atoms with Gasteiger partial charge in [0.25, 0.3) is 0 Å². The molecule has 1 aromatic heterocycles. The van der Waals surface area contributed by atoms with Crippen LogP contribution < -0.4 is 10.1 Å². The Labute approximate surface area is 111 Å². The Morgan fingerprint density at radius 2 is 2.21 bits per heavy atom. The predicted octanol–water partition coefficient (Wildman–Crippen LogP) is 0.549. The van der Waals surface area contributed by atoms with Gasteiger partial charge in [0, 0.05) is 18.5 Å². The van der Waals surface area contributed by atoms with Gasteiger partial charge in [-0.25, -0.2) is 9.97 Å². The molecule has 2 unspecified atom stereocenters. The van der Waals surface area contributed by atoms with E-state index in [0.29, 0.717) is 18.8 Å². The molecule has 2 atom stereocenters. The lowest BCUT2D eigenvalue weighted by atomic mass is 9.97. The van der Waals surface area contributed by atoms with Crippen molar-refractivity contribution in [2.75, 3.05) is 6.54 Å². The van der Waals surface area contributed by atoms with Crippen LogP contribution in [0.2, 0.25) is 0 Å². The summed E-state index contributed by atoms with van der Waals surface area (Å²) < 4.78 is 5.88. The molecule has 1 aliphatic carbocycles. The van der Waals surface area contributed by atoms with E-state index in [-0.39, 0.29) is 6.10 Å². The Kier molecular flexibility index (Phi) is 3.33. The molecular weight excluding hydrogens is 246 g/mol. The molecule has 1 fully saturated rings. The maximum atomic E-state index is 10.9. The number of aromatic nitrogens is 2. The average Bonchev–Trinajstić information content (AvgIpc) is 2.88.